The molecule has 0 radical (unpaired) electrons. The molecule has 2 rings (SSSR count). The van der Waals surface area contributed by atoms with Gasteiger partial charge in [0.1, 0.15) is 0 Å². The van der Waals surface area contributed by atoms with Gasteiger partial charge in [-0.3, -0.25) is 9.59 Å². The summed E-state index contributed by atoms with van der Waals surface area (Å²) >= 11 is 0. The van der Waals surface area contributed by atoms with E-state index in [1.807, 2.05) is 0 Å². The van der Waals surface area contributed by atoms with E-state index >= 15 is 0 Å². The van der Waals surface area contributed by atoms with Crippen LogP contribution in [0.3, 0.4) is 0 Å². The summed E-state index contributed by atoms with van der Waals surface area (Å²) in [6, 6.07) is 6.62. The SMILES string of the molecule is CNC(=O)[C@H](C)OC(=O)c1ccc(N2CCCC2=O)cc1. The zero-order valence-corrected chi connectivity index (χ0v) is 12.1. The Bertz CT molecular complexity index is 553. The van der Waals surface area contributed by atoms with Crippen LogP contribution in [-0.4, -0.2) is 37.5 Å². The summed E-state index contributed by atoms with van der Waals surface area (Å²) in [6.45, 7) is 2.21. The fraction of sp³-hybridized carbons (Fsp3) is 0.400. The molecule has 21 heavy (non-hydrogen) atoms. The van der Waals surface area contributed by atoms with Crippen molar-refractivity contribution >= 4 is 23.5 Å². The molecule has 0 aliphatic carbocycles. The molecule has 1 aromatic rings. The highest BCUT2D eigenvalue weighted by molar-refractivity contribution is 5.96. The lowest BCUT2D eigenvalue weighted by atomic mass is 10.2. The first-order valence-electron chi connectivity index (χ1n) is 6.86. The number of hydrogen-bond acceptors (Lipinski definition) is 4. The van der Waals surface area contributed by atoms with Gasteiger partial charge in [0, 0.05) is 25.7 Å². The molecule has 2 amide bonds. The van der Waals surface area contributed by atoms with Gasteiger partial charge in [0.25, 0.3) is 5.91 Å². The molecule has 1 fully saturated rings. The number of hydrogen-bond donors (Lipinski definition) is 1. The molecule has 6 nitrogen and oxygen atoms in total. The van der Waals surface area contributed by atoms with Gasteiger partial charge < -0.3 is 15.0 Å². The van der Waals surface area contributed by atoms with Crippen molar-refractivity contribution in [2.45, 2.75) is 25.9 Å². The number of carbonyl (C=O) groups is 3. The quantitative estimate of drug-likeness (QED) is 0.843. The van der Waals surface area contributed by atoms with Gasteiger partial charge >= 0.3 is 5.97 Å². The average Bonchev–Trinajstić information content (AvgIpc) is 2.92. The Morgan fingerprint density at radius 3 is 2.48 bits per heavy atom. The van der Waals surface area contributed by atoms with E-state index in [4.69, 9.17) is 4.74 Å². The summed E-state index contributed by atoms with van der Waals surface area (Å²) in [4.78, 5) is 36.5. The maximum atomic E-state index is 11.9. The highest BCUT2D eigenvalue weighted by Crippen LogP contribution is 2.21. The maximum Gasteiger partial charge on any atom is 0.338 e. The standard InChI is InChI=1S/C15H18N2O4/c1-10(14(19)16-2)21-15(20)11-5-7-12(8-6-11)17-9-3-4-13(17)18/h5-8,10H,3-4,9H2,1-2H3,(H,16,19)/t10-/m0/s1. The number of amides is 2. The third-order valence-electron chi connectivity index (χ3n) is 3.39. The lowest BCUT2D eigenvalue weighted by Crippen LogP contribution is -2.33. The molecule has 1 atom stereocenters. The fourth-order valence-electron chi connectivity index (χ4n) is 2.18. The minimum atomic E-state index is -0.845. The monoisotopic (exact) mass is 290 g/mol. The van der Waals surface area contributed by atoms with Crippen molar-refractivity contribution in [3.05, 3.63) is 29.8 Å². The van der Waals surface area contributed by atoms with Crippen molar-refractivity contribution < 1.29 is 19.1 Å². The number of rotatable bonds is 4. The maximum absolute atomic E-state index is 11.9. The van der Waals surface area contributed by atoms with E-state index in [9.17, 15) is 14.4 Å². The second-order valence-corrected chi connectivity index (χ2v) is 4.86. The molecule has 1 aromatic carbocycles. The van der Waals surface area contributed by atoms with Gasteiger partial charge in [-0.05, 0) is 37.6 Å². The van der Waals surface area contributed by atoms with Crippen LogP contribution in [0.2, 0.25) is 0 Å². The Balaban J connectivity index is 2.03. The molecule has 0 spiro atoms. The third-order valence-corrected chi connectivity index (χ3v) is 3.39. The summed E-state index contributed by atoms with van der Waals surface area (Å²) in [5.41, 5.74) is 1.12. The van der Waals surface area contributed by atoms with E-state index in [1.54, 1.807) is 29.2 Å². The summed E-state index contributed by atoms with van der Waals surface area (Å²) in [6.07, 6.45) is 0.571. The zero-order valence-electron chi connectivity index (χ0n) is 12.1. The average molecular weight is 290 g/mol. The van der Waals surface area contributed by atoms with Gasteiger partial charge in [-0.15, -0.1) is 0 Å². The van der Waals surface area contributed by atoms with E-state index in [-0.39, 0.29) is 11.8 Å². The van der Waals surface area contributed by atoms with Crippen LogP contribution < -0.4 is 10.2 Å². The Kier molecular flexibility index (Phi) is 4.57. The van der Waals surface area contributed by atoms with Crippen LogP contribution >= 0.6 is 0 Å². The molecule has 1 aliphatic rings. The van der Waals surface area contributed by atoms with E-state index in [1.165, 1.54) is 14.0 Å². The normalized spacial score (nSPS) is 15.7. The molecule has 1 N–H and O–H groups in total. The topological polar surface area (TPSA) is 75.7 Å². The number of ether oxygens (including phenoxy) is 1. The van der Waals surface area contributed by atoms with E-state index in [2.05, 4.69) is 5.32 Å². The zero-order chi connectivity index (χ0) is 15.4. The van der Waals surface area contributed by atoms with Crippen LogP contribution in [0.15, 0.2) is 24.3 Å². The predicted octanol–water partition coefficient (Wildman–Crippen LogP) is 1.10. The van der Waals surface area contributed by atoms with Gasteiger partial charge in [-0.25, -0.2) is 4.79 Å². The Morgan fingerprint density at radius 2 is 1.95 bits per heavy atom. The van der Waals surface area contributed by atoms with Crippen molar-refractivity contribution in [2.75, 3.05) is 18.5 Å². The van der Waals surface area contributed by atoms with Crippen LogP contribution in [0, 0.1) is 0 Å². The number of likely N-dealkylation sites (N-methyl/N-ethyl adjacent to an activating group) is 1. The first-order chi connectivity index (χ1) is 10.0. The second kappa shape index (κ2) is 6.39. The molecule has 6 heteroatoms. The number of anilines is 1. The minimum Gasteiger partial charge on any atom is -0.449 e. The molecular formula is C15H18N2O4. The van der Waals surface area contributed by atoms with Crippen molar-refractivity contribution in [1.29, 1.82) is 0 Å². The summed E-state index contributed by atoms with van der Waals surface area (Å²) in [7, 11) is 1.48. The van der Waals surface area contributed by atoms with E-state index in [0.717, 1.165) is 12.1 Å². The number of esters is 1. The van der Waals surface area contributed by atoms with Crippen LogP contribution in [0.1, 0.15) is 30.1 Å². The van der Waals surface area contributed by atoms with Crippen molar-refractivity contribution in [3.63, 3.8) is 0 Å². The molecule has 0 saturated carbocycles. The number of carbonyl (C=O) groups excluding carboxylic acids is 3. The Hall–Kier alpha value is -2.37. The first-order valence-corrected chi connectivity index (χ1v) is 6.86. The predicted molar refractivity (Wildman–Crippen MR) is 77.0 cm³/mol. The highest BCUT2D eigenvalue weighted by atomic mass is 16.5. The van der Waals surface area contributed by atoms with Gasteiger partial charge in [-0.2, -0.15) is 0 Å². The van der Waals surface area contributed by atoms with Gasteiger partial charge in [0.05, 0.1) is 5.56 Å². The van der Waals surface area contributed by atoms with Crippen molar-refractivity contribution in [3.8, 4) is 0 Å². The molecule has 1 aliphatic heterocycles. The Labute approximate surface area is 123 Å². The van der Waals surface area contributed by atoms with Crippen LogP contribution in [-0.2, 0) is 14.3 Å². The lowest BCUT2D eigenvalue weighted by molar-refractivity contribution is -0.128. The summed E-state index contributed by atoms with van der Waals surface area (Å²) in [5, 5.41) is 2.41. The van der Waals surface area contributed by atoms with Crippen LogP contribution in [0.25, 0.3) is 0 Å². The first kappa shape index (κ1) is 15.0. The fourth-order valence-corrected chi connectivity index (χ4v) is 2.18. The van der Waals surface area contributed by atoms with Crippen molar-refractivity contribution in [1.82, 2.24) is 5.32 Å². The summed E-state index contributed by atoms with van der Waals surface area (Å²) < 4.78 is 5.04. The molecule has 1 heterocycles. The number of benzene rings is 1. The minimum absolute atomic E-state index is 0.0959. The van der Waals surface area contributed by atoms with Crippen LogP contribution in [0.4, 0.5) is 5.69 Å². The smallest absolute Gasteiger partial charge is 0.338 e. The number of nitrogens with one attached hydrogen (secondary N) is 1. The van der Waals surface area contributed by atoms with E-state index < -0.39 is 12.1 Å². The molecule has 112 valence electrons. The second-order valence-electron chi connectivity index (χ2n) is 4.86. The highest BCUT2D eigenvalue weighted by Gasteiger charge is 2.22. The van der Waals surface area contributed by atoms with Gasteiger partial charge in [0.2, 0.25) is 5.91 Å². The largest absolute Gasteiger partial charge is 0.449 e. The molecule has 1 saturated heterocycles. The lowest BCUT2D eigenvalue weighted by Gasteiger charge is -2.16. The molecule has 0 aromatic heterocycles. The molecular weight excluding hydrogens is 272 g/mol. The summed E-state index contributed by atoms with van der Waals surface area (Å²) in [5.74, 6) is -0.827. The van der Waals surface area contributed by atoms with Gasteiger partial charge in [-0.1, -0.05) is 0 Å². The molecule has 0 unspecified atom stereocenters. The number of nitrogens with zero attached hydrogens (tertiary/aromatic N) is 1. The Morgan fingerprint density at radius 1 is 1.29 bits per heavy atom. The van der Waals surface area contributed by atoms with E-state index in [0.29, 0.717) is 18.5 Å². The van der Waals surface area contributed by atoms with Crippen molar-refractivity contribution in [2.24, 2.45) is 0 Å². The van der Waals surface area contributed by atoms with Crippen LogP contribution in [0.5, 0.6) is 0 Å². The third kappa shape index (κ3) is 3.39. The van der Waals surface area contributed by atoms with Gasteiger partial charge in [0.15, 0.2) is 6.10 Å². The molecule has 0 bridgehead atoms.